The van der Waals surface area contributed by atoms with Crippen LogP contribution in [0.5, 0.6) is 11.5 Å². The quantitative estimate of drug-likeness (QED) is 0.211. The molecule has 0 aromatic heterocycles. The van der Waals surface area contributed by atoms with Crippen molar-refractivity contribution in [2.45, 2.75) is 97.6 Å². The van der Waals surface area contributed by atoms with E-state index in [2.05, 4.69) is 97.0 Å². The van der Waals surface area contributed by atoms with Crippen LogP contribution in [0.25, 0.3) is 0 Å². The lowest BCUT2D eigenvalue weighted by Crippen LogP contribution is -2.47. The number of amides is 1. The highest BCUT2D eigenvalue weighted by Gasteiger charge is 2.40. The minimum atomic E-state index is -0.415. The maximum absolute atomic E-state index is 12.6. The number of carbonyl (C=O) groups is 1. The molecule has 248 valence electrons. The largest absolute Gasteiger partial charge is 0.485 e. The van der Waals surface area contributed by atoms with Crippen LogP contribution >= 0.6 is 0 Å². The number of hydrogen-bond donors (Lipinski definition) is 2. The Morgan fingerprint density at radius 2 is 1.54 bits per heavy atom. The van der Waals surface area contributed by atoms with Gasteiger partial charge in [-0.3, -0.25) is 4.90 Å². The Bertz CT molecular complexity index is 1420. The molecule has 1 atom stereocenters. The molecular weight excluding hydrogens is 570 g/mol. The maximum atomic E-state index is 12.6. The molecule has 0 radical (unpaired) electrons. The number of benzene rings is 3. The van der Waals surface area contributed by atoms with Crippen LogP contribution in [-0.4, -0.2) is 54.9 Å². The Morgan fingerprint density at radius 1 is 0.935 bits per heavy atom. The van der Waals surface area contributed by atoms with Gasteiger partial charge in [-0.15, -0.1) is 0 Å². The van der Waals surface area contributed by atoms with Crippen molar-refractivity contribution in [2.75, 3.05) is 32.7 Å². The summed E-state index contributed by atoms with van der Waals surface area (Å²) in [5, 5.41) is 6.68. The van der Waals surface area contributed by atoms with Gasteiger partial charge in [-0.25, -0.2) is 4.79 Å². The van der Waals surface area contributed by atoms with Crippen LogP contribution < -0.4 is 20.1 Å². The van der Waals surface area contributed by atoms with Gasteiger partial charge in [0.05, 0.1) is 0 Å². The predicted molar refractivity (Wildman–Crippen MR) is 188 cm³/mol. The number of rotatable bonds is 11. The van der Waals surface area contributed by atoms with Crippen LogP contribution in [0.15, 0.2) is 60.7 Å². The summed E-state index contributed by atoms with van der Waals surface area (Å²) in [6.07, 6.45) is 5.21. The van der Waals surface area contributed by atoms with E-state index in [9.17, 15) is 4.79 Å². The Balaban J connectivity index is 1.08. The molecule has 2 N–H and O–H groups in total. The van der Waals surface area contributed by atoms with Crippen LogP contribution in [0.4, 0.5) is 4.79 Å². The molecule has 2 aliphatic rings. The summed E-state index contributed by atoms with van der Waals surface area (Å²) in [7, 11) is 0. The fraction of sp³-hybridized carbons (Fsp3) is 0.525. The van der Waals surface area contributed by atoms with Crippen molar-refractivity contribution in [2.24, 2.45) is 5.92 Å². The zero-order valence-corrected chi connectivity index (χ0v) is 29.2. The van der Waals surface area contributed by atoms with Crippen LogP contribution in [0.2, 0.25) is 0 Å². The lowest BCUT2D eigenvalue weighted by Gasteiger charge is -2.37. The van der Waals surface area contributed by atoms with Crippen molar-refractivity contribution >= 4 is 6.09 Å². The van der Waals surface area contributed by atoms with Crippen LogP contribution in [-0.2, 0) is 6.42 Å². The first-order valence-electron chi connectivity index (χ1n) is 17.3. The number of carbonyl (C=O) groups excluding carboxylic acids is 1. The molecule has 3 aromatic rings. The van der Waals surface area contributed by atoms with Crippen LogP contribution in [0.1, 0.15) is 92.7 Å². The molecule has 0 bridgehead atoms. The molecule has 1 unspecified atom stereocenters. The lowest BCUT2D eigenvalue weighted by molar-refractivity contribution is 0.0467. The van der Waals surface area contributed by atoms with E-state index >= 15 is 0 Å². The van der Waals surface area contributed by atoms with Gasteiger partial charge in [0, 0.05) is 30.0 Å². The molecule has 3 aromatic carbocycles. The third kappa shape index (κ3) is 8.51. The summed E-state index contributed by atoms with van der Waals surface area (Å²) in [4.78, 5) is 15.2. The van der Waals surface area contributed by atoms with E-state index in [-0.39, 0.29) is 11.1 Å². The van der Waals surface area contributed by atoms with E-state index in [0.29, 0.717) is 11.7 Å². The lowest BCUT2D eigenvalue weighted by atomic mass is 9.88. The van der Waals surface area contributed by atoms with E-state index < -0.39 is 6.09 Å². The average molecular weight is 626 g/mol. The van der Waals surface area contributed by atoms with Crippen molar-refractivity contribution in [3.63, 3.8) is 0 Å². The van der Waals surface area contributed by atoms with Crippen molar-refractivity contribution in [3.8, 4) is 11.5 Å². The molecule has 6 nitrogen and oxygen atoms in total. The maximum Gasteiger partial charge on any atom is 0.413 e. The fourth-order valence-corrected chi connectivity index (χ4v) is 7.31. The van der Waals surface area contributed by atoms with E-state index in [1.165, 1.54) is 36.0 Å². The van der Waals surface area contributed by atoms with Gasteiger partial charge in [0.2, 0.25) is 0 Å². The topological polar surface area (TPSA) is 62.8 Å². The number of fused-ring (bicyclic) bond motifs is 1. The van der Waals surface area contributed by atoms with Gasteiger partial charge in [-0.1, -0.05) is 60.7 Å². The van der Waals surface area contributed by atoms with Gasteiger partial charge >= 0.3 is 6.09 Å². The van der Waals surface area contributed by atoms with E-state index in [0.717, 1.165) is 73.9 Å². The highest BCUT2D eigenvalue weighted by atomic mass is 16.6. The van der Waals surface area contributed by atoms with Gasteiger partial charge < -0.3 is 20.1 Å². The minimum absolute atomic E-state index is 0.293. The first-order valence-corrected chi connectivity index (χ1v) is 17.3. The molecule has 1 saturated heterocycles. The smallest absolute Gasteiger partial charge is 0.413 e. The Kier molecular flexibility index (Phi) is 10.8. The molecule has 2 heterocycles. The molecule has 0 aliphatic carbocycles. The third-order valence-corrected chi connectivity index (χ3v) is 9.89. The summed E-state index contributed by atoms with van der Waals surface area (Å²) in [6, 6.07) is 21.8. The molecule has 1 fully saturated rings. The normalized spacial score (nSPS) is 18.8. The number of hydrogen-bond acceptors (Lipinski definition) is 5. The van der Waals surface area contributed by atoms with Gasteiger partial charge in [0.15, 0.2) is 0 Å². The summed E-state index contributed by atoms with van der Waals surface area (Å²) in [5.41, 5.74) is 6.35. The minimum Gasteiger partial charge on any atom is -0.485 e. The van der Waals surface area contributed by atoms with Gasteiger partial charge in [-0.05, 0) is 134 Å². The average Bonchev–Trinajstić information content (AvgIpc) is 3.38. The molecular formula is C40H55N3O3. The predicted octanol–water partition coefficient (Wildman–Crippen LogP) is 8.11. The second-order valence-electron chi connectivity index (χ2n) is 14.9. The Morgan fingerprint density at radius 3 is 2.13 bits per heavy atom. The standard InChI is InChI=1S/C40H55N3O3/c1-28-29(2)37-35(30(3)36(28)45-38(44)42-39(4,5)6)26-40(7,46-37)27-43-24-20-31(21-25-43)18-22-41-23-19-34(32-14-10-8-11-15-32)33-16-12-9-13-17-33/h8-17,31,34,41H,18-27H2,1-7H3,(H,42,44). The van der Waals surface area contributed by atoms with Crippen molar-refractivity contribution in [3.05, 3.63) is 94.0 Å². The monoisotopic (exact) mass is 625 g/mol. The third-order valence-electron chi connectivity index (χ3n) is 9.89. The molecule has 0 saturated carbocycles. The van der Waals surface area contributed by atoms with Crippen molar-refractivity contribution in [1.29, 1.82) is 0 Å². The van der Waals surface area contributed by atoms with Crippen molar-refractivity contribution in [1.82, 2.24) is 15.5 Å². The summed E-state index contributed by atoms with van der Waals surface area (Å²) < 4.78 is 12.6. The summed E-state index contributed by atoms with van der Waals surface area (Å²) in [6.45, 7) is 19.5. The first-order chi connectivity index (χ1) is 21.9. The number of likely N-dealkylation sites (tertiary alicyclic amines) is 1. The molecule has 2 aliphatic heterocycles. The second kappa shape index (κ2) is 14.6. The van der Waals surface area contributed by atoms with Gasteiger partial charge in [-0.2, -0.15) is 0 Å². The zero-order valence-electron chi connectivity index (χ0n) is 29.2. The number of nitrogens with one attached hydrogen (secondary N) is 2. The molecule has 5 rings (SSSR count). The second-order valence-corrected chi connectivity index (χ2v) is 14.9. The van der Waals surface area contributed by atoms with Crippen LogP contribution in [0.3, 0.4) is 0 Å². The number of nitrogens with zero attached hydrogens (tertiary/aromatic N) is 1. The van der Waals surface area contributed by atoms with E-state index in [1.807, 2.05) is 27.7 Å². The molecule has 0 spiro atoms. The fourth-order valence-electron chi connectivity index (χ4n) is 7.31. The highest BCUT2D eigenvalue weighted by Crippen LogP contribution is 2.46. The molecule has 6 heteroatoms. The summed E-state index contributed by atoms with van der Waals surface area (Å²) in [5.74, 6) is 2.83. The SMILES string of the molecule is Cc1c(C)c2c(c(C)c1OC(=O)NC(C)(C)C)CC(C)(CN1CCC(CCNCCC(c3ccccc3)c3ccccc3)CC1)O2. The highest BCUT2D eigenvalue weighted by molar-refractivity contribution is 5.73. The Labute approximate surface area is 277 Å². The Hall–Kier alpha value is -3.35. The summed E-state index contributed by atoms with van der Waals surface area (Å²) >= 11 is 0. The molecule has 1 amide bonds. The van der Waals surface area contributed by atoms with Gasteiger partial charge in [0.25, 0.3) is 0 Å². The van der Waals surface area contributed by atoms with Crippen molar-refractivity contribution < 1.29 is 14.3 Å². The van der Waals surface area contributed by atoms with Gasteiger partial charge in [0.1, 0.15) is 17.1 Å². The number of ether oxygens (including phenoxy) is 2. The van der Waals surface area contributed by atoms with E-state index in [4.69, 9.17) is 9.47 Å². The van der Waals surface area contributed by atoms with Crippen LogP contribution in [0, 0.1) is 26.7 Å². The van der Waals surface area contributed by atoms with E-state index in [1.54, 1.807) is 0 Å². The zero-order chi connectivity index (χ0) is 32.9. The first kappa shape index (κ1) is 34.0. The molecule has 46 heavy (non-hydrogen) atoms. The number of piperidine rings is 1.